The monoisotopic (exact) mass is 455 g/mol. The van der Waals surface area contributed by atoms with E-state index in [1.165, 1.54) is 69.6 Å². The summed E-state index contributed by atoms with van der Waals surface area (Å²) in [4.78, 5) is 2.68. The van der Waals surface area contributed by atoms with Crippen LogP contribution < -0.4 is 4.90 Å². The first-order chi connectivity index (χ1) is 17.0. The van der Waals surface area contributed by atoms with Crippen molar-refractivity contribution in [2.75, 3.05) is 4.90 Å². The highest BCUT2D eigenvalue weighted by molar-refractivity contribution is 5.83. The van der Waals surface area contributed by atoms with Crippen LogP contribution in [0.3, 0.4) is 0 Å². The summed E-state index contributed by atoms with van der Waals surface area (Å²) >= 11 is 0. The molecule has 1 aliphatic heterocycles. The van der Waals surface area contributed by atoms with Gasteiger partial charge in [0.1, 0.15) is 0 Å². The standard InChI is InChI=1S/C34H33N/c1-23-10-9-19-33(2)31-22-25(16-18-32(31)35(34(23,33)3)28-12-5-4-6-13-28)24-15-17-30-27(20-24)21-26-11-7-8-14-29(26)30/h4-8,11-18,20,22-23H,9-10,19,21H2,1-3H3. The second-order valence-electron chi connectivity index (χ2n) is 11.4. The van der Waals surface area contributed by atoms with Crippen LogP contribution in [0.4, 0.5) is 11.4 Å². The zero-order chi connectivity index (χ0) is 23.8. The number of fused-ring (bicyclic) bond motifs is 6. The molecule has 4 aromatic carbocycles. The van der Waals surface area contributed by atoms with Crippen molar-refractivity contribution in [1.29, 1.82) is 0 Å². The normalized spacial score (nSPS) is 26.1. The molecule has 0 N–H and O–H groups in total. The summed E-state index contributed by atoms with van der Waals surface area (Å²) in [6.45, 7) is 7.53. The Hall–Kier alpha value is -3.32. The van der Waals surface area contributed by atoms with Crippen LogP contribution in [-0.2, 0) is 11.8 Å². The van der Waals surface area contributed by atoms with Crippen molar-refractivity contribution in [3.63, 3.8) is 0 Å². The molecule has 0 radical (unpaired) electrons. The first kappa shape index (κ1) is 21.0. The van der Waals surface area contributed by atoms with E-state index in [2.05, 4.69) is 117 Å². The molecule has 0 spiro atoms. The third-order valence-electron chi connectivity index (χ3n) is 9.83. The predicted octanol–water partition coefficient (Wildman–Crippen LogP) is 8.91. The lowest BCUT2D eigenvalue weighted by Crippen LogP contribution is -2.59. The fourth-order valence-corrected chi connectivity index (χ4v) is 7.63. The van der Waals surface area contributed by atoms with Crippen molar-refractivity contribution in [2.45, 2.75) is 57.4 Å². The molecule has 4 aromatic rings. The molecular formula is C34H33N. The van der Waals surface area contributed by atoms with E-state index in [0.29, 0.717) is 5.92 Å². The first-order valence-electron chi connectivity index (χ1n) is 13.2. The van der Waals surface area contributed by atoms with E-state index in [1.54, 1.807) is 0 Å². The third kappa shape index (κ3) is 2.76. The molecule has 0 bridgehead atoms. The number of hydrogen-bond acceptors (Lipinski definition) is 1. The number of para-hydroxylation sites is 1. The molecule has 2 aliphatic carbocycles. The van der Waals surface area contributed by atoms with Gasteiger partial charge in [-0.3, -0.25) is 0 Å². The van der Waals surface area contributed by atoms with Crippen molar-refractivity contribution in [3.05, 3.63) is 108 Å². The van der Waals surface area contributed by atoms with Gasteiger partial charge in [0.05, 0.1) is 5.54 Å². The van der Waals surface area contributed by atoms with Crippen LogP contribution in [0.1, 0.15) is 56.7 Å². The Morgan fingerprint density at radius 3 is 2.31 bits per heavy atom. The Balaban J connectivity index is 1.37. The van der Waals surface area contributed by atoms with Gasteiger partial charge in [0, 0.05) is 16.8 Å². The number of hydrogen-bond donors (Lipinski definition) is 0. The number of rotatable bonds is 2. The fourth-order valence-electron chi connectivity index (χ4n) is 7.63. The van der Waals surface area contributed by atoms with E-state index in [0.717, 1.165) is 6.42 Å². The highest BCUT2D eigenvalue weighted by Crippen LogP contribution is 2.62. The minimum absolute atomic E-state index is 0.0626. The minimum atomic E-state index is 0.0626. The maximum Gasteiger partial charge on any atom is 0.0543 e. The van der Waals surface area contributed by atoms with Gasteiger partial charge in [-0.1, -0.05) is 87.0 Å². The number of benzene rings is 4. The van der Waals surface area contributed by atoms with Gasteiger partial charge in [-0.15, -0.1) is 0 Å². The molecule has 0 saturated heterocycles. The number of anilines is 2. The molecule has 3 atom stereocenters. The van der Waals surface area contributed by atoms with Crippen LogP contribution in [-0.4, -0.2) is 5.54 Å². The second kappa shape index (κ2) is 7.34. The molecule has 1 heteroatoms. The second-order valence-corrected chi connectivity index (χ2v) is 11.4. The quantitative estimate of drug-likeness (QED) is 0.257. The summed E-state index contributed by atoms with van der Waals surface area (Å²) in [7, 11) is 0. The molecule has 174 valence electrons. The van der Waals surface area contributed by atoms with Crippen molar-refractivity contribution in [2.24, 2.45) is 5.92 Å². The molecule has 35 heavy (non-hydrogen) atoms. The average Bonchev–Trinajstić information content (AvgIpc) is 3.35. The molecule has 1 saturated carbocycles. The van der Waals surface area contributed by atoms with Gasteiger partial charge in [-0.25, -0.2) is 0 Å². The van der Waals surface area contributed by atoms with Crippen LogP contribution in [0, 0.1) is 5.92 Å². The van der Waals surface area contributed by atoms with Crippen LogP contribution >= 0.6 is 0 Å². The molecule has 7 rings (SSSR count). The molecule has 1 heterocycles. The molecule has 1 fully saturated rings. The molecule has 1 nitrogen and oxygen atoms in total. The van der Waals surface area contributed by atoms with Crippen molar-refractivity contribution in [3.8, 4) is 22.3 Å². The largest absolute Gasteiger partial charge is 0.334 e. The minimum Gasteiger partial charge on any atom is -0.334 e. The molecule has 3 aliphatic rings. The molecule has 3 unspecified atom stereocenters. The Morgan fingerprint density at radius 2 is 1.46 bits per heavy atom. The first-order valence-corrected chi connectivity index (χ1v) is 13.2. The van der Waals surface area contributed by atoms with E-state index in [4.69, 9.17) is 0 Å². The molecule has 0 aromatic heterocycles. The lowest BCUT2D eigenvalue weighted by atomic mass is 9.57. The Kier molecular flexibility index (Phi) is 4.40. The average molecular weight is 456 g/mol. The number of nitrogens with zero attached hydrogens (tertiary/aromatic N) is 1. The van der Waals surface area contributed by atoms with Crippen LogP contribution in [0.15, 0.2) is 91.0 Å². The van der Waals surface area contributed by atoms with Gasteiger partial charge >= 0.3 is 0 Å². The molecule has 0 amide bonds. The van der Waals surface area contributed by atoms with Gasteiger partial charge in [0.2, 0.25) is 0 Å². The van der Waals surface area contributed by atoms with E-state index in [-0.39, 0.29) is 11.0 Å². The Labute approximate surface area is 209 Å². The Bertz CT molecular complexity index is 1450. The van der Waals surface area contributed by atoms with Crippen molar-refractivity contribution >= 4 is 11.4 Å². The van der Waals surface area contributed by atoms with Gasteiger partial charge in [-0.2, -0.15) is 0 Å². The lowest BCUT2D eigenvalue weighted by molar-refractivity contribution is 0.130. The smallest absolute Gasteiger partial charge is 0.0543 e. The predicted molar refractivity (Wildman–Crippen MR) is 147 cm³/mol. The van der Waals surface area contributed by atoms with E-state index in [9.17, 15) is 0 Å². The summed E-state index contributed by atoms with van der Waals surface area (Å²) in [5.41, 5.74) is 12.8. The van der Waals surface area contributed by atoms with Gasteiger partial charge in [-0.05, 0) is 95.3 Å². The maximum absolute atomic E-state index is 2.68. The van der Waals surface area contributed by atoms with Crippen LogP contribution in [0.2, 0.25) is 0 Å². The van der Waals surface area contributed by atoms with Crippen molar-refractivity contribution < 1.29 is 0 Å². The SMILES string of the molecule is CC1CCCC2(C)c3cc(-c4ccc5c(c4)Cc4ccccc4-5)ccc3N(c3ccccc3)C12C. The highest BCUT2D eigenvalue weighted by Gasteiger charge is 2.60. The fraction of sp³-hybridized carbons (Fsp3) is 0.294. The summed E-state index contributed by atoms with van der Waals surface area (Å²) < 4.78 is 0. The van der Waals surface area contributed by atoms with E-state index in [1.807, 2.05) is 0 Å². The lowest BCUT2D eigenvalue weighted by Gasteiger charge is -2.54. The zero-order valence-corrected chi connectivity index (χ0v) is 21.0. The zero-order valence-electron chi connectivity index (χ0n) is 21.0. The van der Waals surface area contributed by atoms with E-state index < -0.39 is 0 Å². The van der Waals surface area contributed by atoms with Gasteiger partial charge < -0.3 is 4.90 Å². The summed E-state index contributed by atoms with van der Waals surface area (Å²) in [6.07, 6.45) is 4.88. The van der Waals surface area contributed by atoms with Gasteiger partial charge in [0.25, 0.3) is 0 Å². The molecular weight excluding hydrogens is 422 g/mol. The summed E-state index contributed by atoms with van der Waals surface area (Å²) in [5, 5.41) is 0. The third-order valence-corrected chi connectivity index (χ3v) is 9.83. The topological polar surface area (TPSA) is 3.24 Å². The van der Waals surface area contributed by atoms with Crippen LogP contribution in [0.5, 0.6) is 0 Å². The highest BCUT2D eigenvalue weighted by atomic mass is 15.3. The van der Waals surface area contributed by atoms with Crippen LogP contribution in [0.25, 0.3) is 22.3 Å². The Morgan fingerprint density at radius 1 is 0.743 bits per heavy atom. The maximum atomic E-state index is 2.68. The summed E-state index contributed by atoms with van der Waals surface area (Å²) in [5.74, 6) is 0.621. The summed E-state index contributed by atoms with van der Waals surface area (Å²) in [6, 6.07) is 34.3. The van der Waals surface area contributed by atoms with Gasteiger partial charge in [0.15, 0.2) is 0 Å². The van der Waals surface area contributed by atoms with E-state index >= 15 is 0 Å². The van der Waals surface area contributed by atoms with Crippen molar-refractivity contribution in [1.82, 2.24) is 0 Å².